The summed E-state index contributed by atoms with van der Waals surface area (Å²) in [6.45, 7) is 14.7. The highest BCUT2D eigenvalue weighted by Crippen LogP contribution is 2.25. The van der Waals surface area contributed by atoms with E-state index in [0.29, 0.717) is 50.2 Å². The molecule has 3 saturated heterocycles. The van der Waals surface area contributed by atoms with Crippen molar-refractivity contribution in [2.45, 2.75) is 71.9 Å². The Kier molecular flexibility index (Phi) is 9.77. The molecular formula is C26H47N5O3. The standard InChI is InChI=1S/C26H47N5O3/c1-19(2)16-22-25(33)31(11-8-27-22)23(17-20(3)4)26(34)30-9-6-21(7-10-30)18-24(32)29-14-12-28(5)13-15-29/h19-23,27H,6-18H2,1-5H3/t22-,23-/m0/s1. The number of rotatable bonds is 8. The zero-order valence-electron chi connectivity index (χ0n) is 22.1. The number of carbonyl (C=O) groups excluding carboxylic acids is 3. The van der Waals surface area contributed by atoms with E-state index in [-0.39, 0.29) is 29.8 Å². The number of hydrogen-bond acceptors (Lipinski definition) is 5. The van der Waals surface area contributed by atoms with Gasteiger partial charge in [0.1, 0.15) is 6.04 Å². The second-order valence-electron chi connectivity index (χ2n) is 11.5. The average Bonchev–Trinajstić information content (AvgIpc) is 2.79. The quantitative estimate of drug-likeness (QED) is 0.575. The van der Waals surface area contributed by atoms with E-state index < -0.39 is 0 Å². The van der Waals surface area contributed by atoms with Gasteiger partial charge in [0.2, 0.25) is 17.7 Å². The molecule has 3 aliphatic heterocycles. The van der Waals surface area contributed by atoms with Gasteiger partial charge in [-0.15, -0.1) is 0 Å². The number of nitrogens with one attached hydrogen (secondary N) is 1. The monoisotopic (exact) mass is 477 g/mol. The summed E-state index contributed by atoms with van der Waals surface area (Å²) in [4.78, 5) is 47.7. The Morgan fingerprint density at radius 2 is 1.56 bits per heavy atom. The number of likely N-dealkylation sites (N-methyl/N-ethyl adjacent to an activating group) is 1. The highest BCUT2D eigenvalue weighted by molar-refractivity contribution is 5.90. The van der Waals surface area contributed by atoms with Crippen LogP contribution in [0.4, 0.5) is 0 Å². The minimum absolute atomic E-state index is 0.0756. The third-order valence-electron chi connectivity index (χ3n) is 7.63. The lowest BCUT2D eigenvalue weighted by molar-refractivity contribution is -0.150. The van der Waals surface area contributed by atoms with Crippen molar-refractivity contribution in [1.82, 2.24) is 24.9 Å². The van der Waals surface area contributed by atoms with Gasteiger partial charge in [0.25, 0.3) is 0 Å². The molecule has 0 bridgehead atoms. The van der Waals surface area contributed by atoms with E-state index in [1.165, 1.54) is 0 Å². The number of piperidine rings is 1. The summed E-state index contributed by atoms with van der Waals surface area (Å²) in [5, 5.41) is 3.36. The minimum atomic E-state index is -0.382. The Labute approximate surface area is 206 Å². The van der Waals surface area contributed by atoms with Crippen LogP contribution in [0.5, 0.6) is 0 Å². The van der Waals surface area contributed by atoms with Crippen LogP contribution in [0.3, 0.4) is 0 Å². The molecule has 194 valence electrons. The van der Waals surface area contributed by atoms with Crippen molar-refractivity contribution < 1.29 is 14.4 Å². The van der Waals surface area contributed by atoms with Crippen LogP contribution in [0.25, 0.3) is 0 Å². The highest BCUT2D eigenvalue weighted by atomic mass is 16.2. The molecule has 0 unspecified atom stereocenters. The first-order chi connectivity index (χ1) is 16.2. The SMILES string of the molecule is CC(C)C[C@@H]1NCCN([C@@H](CC(C)C)C(=O)N2CCC(CC(=O)N3CCN(C)CC3)CC2)C1=O. The summed E-state index contributed by atoms with van der Waals surface area (Å²) < 4.78 is 0. The molecule has 0 saturated carbocycles. The van der Waals surface area contributed by atoms with Gasteiger partial charge in [-0.25, -0.2) is 0 Å². The van der Waals surface area contributed by atoms with Crippen LogP contribution in [-0.4, -0.2) is 109 Å². The molecule has 3 aliphatic rings. The van der Waals surface area contributed by atoms with Gasteiger partial charge in [-0.05, 0) is 50.5 Å². The fourth-order valence-electron chi connectivity index (χ4n) is 5.53. The number of carbonyl (C=O) groups is 3. The molecular weight excluding hydrogens is 430 g/mol. The molecule has 0 spiro atoms. The molecule has 0 aliphatic carbocycles. The Balaban J connectivity index is 1.56. The van der Waals surface area contributed by atoms with Crippen molar-refractivity contribution in [3.8, 4) is 0 Å². The number of hydrogen-bond donors (Lipinski definition) is 1. The maximum atomic E-state index is 13.6. The Bertz CT molecular complexity index is 697. The molecule has 3 rings (SSSR count). The van der Waals surface area contributed by atoms with Gasteiger partial charge in [-0.1, -0.05) is 27.7 Å². The third kappa shape index (κ3) is 7.17. The first-order valence-electron chi connectivity index (χ1n) is 13.4. The summed E-state index contributed by atoms with van der Waals surface area (Å²) >= 11 is 0. The van der Waals surface area contributed by atoms with E-state index >= 15 is 0 Å². The molecule has 0 aromatic carbocycles. The van der Waals surface area contributed by atoms with E-state index in [0.717, 1.165) is 52.0 Å². The second-order valence-corrected chi connectivity index (χ2v) is 11.5. The molecule has 3 fully saturated rings. The number of nitrogens with zero attached hydrogens (tertiary/aromatic N) is 4. The van der Waals surface area contributed by atoms with Gasteiger partial charge in [0.15, 0.2) is 0 Å². The van der Waals surface area contributed by atoms with Crippen molar-refractivity contribution in [3.63, 3.8) is 0 Å². The predicted octanol–water partition coefficient (Wildman–Crippen LogP) is 1.65. The summed E-state index contributed by atoms with van der Waals surface area (Å²) in [7, 11) is 2.10. The van der Waals surface area contributed by atoms with Gasteiger partial charge >= 0.3 is 0 Å². The van der Waals surface area contributed by atoms with Crippen LogP contribution >= 0.6 is 0 Å². The van der Waals surface area contributed by atoms with Crippen molar-refractivity contribution in [2.75, 3.05) is 59.4 Å². The summed E-state index contributed by atoms with van der Waals surface area (Å²) in [6, 6.07) is -0.574. The lowest BCUT2D eigenvalue weighted by Crippen LogP contribution is -2.62. The second kappa shape index (κ2) is 12.3. The summed E-state index contributed by atoms with van der Waals surface area (Å²) in [5.41, 5.74) is 0. The molecule has 8 nitrogen and oxygen atoms in total. The molecule has 2 atom stereocenters. The van der Waals surface area contributed by atoms with E-state index in [1.807, 2.05) is 14.7 Å². The van der Waals surface area contributed by atoms with Crippen LogP contribution in [0, 0.1) is 17.8 Å². The minimum Gasteiger partial charge on any atom is -0.341 e. The topological polar surface area (TPSA) is 76.2 Å². The Morgan fingerprint density at radius 3 is 2.15 bits per heavy atom. The number of likely N-dealkylation sites (tertiary alicyclic amines) is 1. The Hall–Kier alpha value is -1.67. The van der Waals surface area contributed by atoms with Gasteiger partial charge in [-0.2, -0.15) is 0 Å². The smallest absolute Gasteiger partial charge is 0.245 e. The van der Waals surface area contributed by atoms with Crippen LogP contribution < -0.4 is 5.32 Å². The van der Waals surface area contributed by atoms with Crippen LogP contribution in [0.2, 0.25) is 0 Å². The van der Waals surface area contributed by atoms with E-state index in [1.54, 1.807) is 0 Å². The molecule has 0 aromatic rings. The normalized spacial score (nSPS) is 24.3. The maximum absolute atomic E-state index is 13.6. The van der Waals surface area contributed by atoms with Gasteiger partial charge < -0.3 is 24.9 Å². The zero-order chi connectivity index (χ0) is 24.8. The maximum Gasteiger partial charge on any atom is 0.245 e. The summed E-state index contributed by atoms with van der Waals surface area (Å²) in [5.74, 6) is 1.53. The molecule has 1 N–H and O–H groups in total. The molecule has 3 amide bonds. The zero-order valence-corrected chi connectivity index (χ0v) is 22.1. The lowest BCUT2D eigenvalue weighted by Gasteiger charge is -2.42. The Morgan fingerprint density at radius 1 is 0.912 bits per heavy atom. The first kappa shape index (κ1) is 26.9. The fourth-order valence-corrected chi connectivity index (χ4v) is 5.53. The first-order valence-corrected chi connectivity index (χ1v) is 13.4. The van der Waals surface area contributed by atoms with Crippen molar-refractivity contribution in [2.24, 2.45) is 17.8 Å². The van der Waals surface area contributed by atoms with Crippen LogP contribution in [0.1, 0.15) is 59.8 Å². The number of piperazine rings is 2. The molecule has 8 heteroatoms. The van der Waals surface area contributed by atoms with Gasteiger partial charge in [0.05, 0.1) is 6.04 Å². The van der Waals surface area contributed by atoms with Gasteiger partial charge in [-0.3, -0.25) is 14.4 Å². The third-order valence-corrected chi connectivity index (χ3v) is 7.63. The van der Waals surface area contributed by atoms with Crippen LogP contribution in [-0.2, 0) is 14.4 Å². The molecule has 3 heterocycles. The van der Waals surface area contributed by atoms with E-state index in [2.05, 4.69) is 45.0 Å². The highest BCUT2D eigenvalue weighted by Gasteiger charge is 2.39. The summed E-state index contributed by atoms with van der Waals surface area (Å²) in [6.07, 6.45) is 3.82. The molecule has 0 radical (unpaired) electrons. The molecule has 0 aromatic heterocycles. The van der Waals surface area contributed by atoms with Crippen LogP contribution in [0.15, 0.2) is 0 Å². The lowest BCUT2D eigenvalue weighted by atomic mass is 9.91. The van der Waals surface area contributed by atoms with E-state index in [4.69, 9.17) is 0 Å². The van der Waals surface area contributed by atoms with Crippen molar-refractivity contribution in [3.05, 3.63) is 0 Å². The largest absolute Gasteiger partial charge is 0.341 e. The van der Waals surface area contributed by atoms with Gasteiger partial charge in [0, 0.05) is 58.8 Å². The predicted molar refractivity (Wildman–Crippen MR) is 134 cm³/mol. The van der Waals surface area contributed by atoms with E-state index in [9.17, 15) is 14.4 Å². The average molecular weight is 478 g/mol. The van der Waals surface area contributed by atoms with Crippen molar-refractivity contribution in [1.29, 1.82) is 0 Å². The number of amides is 3. The van der Waals surface area contributed by atoms with Crippen molar-refractivity contribution >= 4 is 17.7 Å². The molecule has 34 heavy (non-hydrogen) atoms. The fraction of sp³-hybridized carbons (Fsp3) is 0.885.